The number of carboxylic acid groups (broad SMARTS) is 1. The number of nitrogens with one attached hydrogen (secondary N) is 3. The van der Waals surface area contributed by atoms with Gasteiger partial charge in [-0.2, -0.15) is 12.7 Å². The maximum Gasteiger partial charge on any atom is 0.353 e. The fourth-order valence-corrected chi connectivity index (χ4v) is 6.57. The Labute approximate surface area is 197 Å². The molecule has 186 valence electrons. The first-order valence-electron chi connectivity index (χ1n) is 10.7. The van der Waals surface area contributed by atoms with Crippen molar-refractivity contribution in [2.75, 3.05) is 33.7 Å². The fraction of sp³-hybridized carbons (Fsp3) is 0.737. The van der Waals surface area contributed by atoms with Gasteiger partial charge in [-0.1, -0.05) is 6.92 Å². The molecule has 0 saturated carbocycles. The molecule has 6 atom stereocenters. The summed E-state index contributed by atoms with van der Waals surface area (Å²) in [5, 5.41) is 25.4. The van der Waals surface area contributed by atoms with Gasteiger partial charge in [0.2, 0.25) is 11.8 Å². The van der Waals surface area contributed by atoms with Crippen molar-refractivity contribution in [3.63, 3.8) is 0 Å². The van der Waals surface area contributed by atoms with Crippen LogP contribution in [0.3, 0.4) is 0 Å². The Morgan fingerprint density at radius 3 is 2.58 bits per heavy atom. The highest BCUT2D eigenvalue weighted by atomic mass is 32.2. The second kappa shape index (κ2) is 9.88. The van der Waals surface area contributed by atoms with E-state index in [0.717, 1.165) is 4.31 Å². The summed E-state index contributed by atoms with van der Waals surface area (Å²) in [6, 6.07) is -0.854. The van der Waals surface area contributed by atoms with E-state index >= 15 is 0 Å². The molecule has 0 spiro atoms. The summed E-state index contributed by atoms with van der Waals surface area (Å²) >= 11 is 1.36. The largest absolute Gasteiger partial charge is 0.477 e. The number of aliphatic hydroxyl groups excluding tert-OH is 1. The molecule has 2 saturated heterocycles. The molecule has 3 rings (SSSR count). The number of nitrogens with zero attached hydrogens (tertiary/aromatic N) is 2. The Hall–Kier alpha value is -1.71. The molecule has 0 radical (unpaired) electrons. The van der Waals surface area contributed by atoms with Gasteiger partial charge in [0, 0.05) is 49.8 Å². The third-order valence-corrected chi connectivity index (χ3v) is 9.24. The smallest absolute Gasteiger partial charge is 0.353 e. The summed E-state index contributed by atoms with van der Waals surface area (Å²) in [7, 11) is -0.749. The molecule has 3 aliphatic heterocycles. The van der Waals surface area contributed by atoms with Gasteiger partial charge < -0.3 is 25.7 Å². The predicted octanol–water partition coefficient (Wildman–Crippen LogP) is -1.88. The van der Waals surface area contributed by atoms with E-state index in [9.17, 15) is 33.0 Å². The average Bonchev–Trinajstić information content (AvgIpc) is 3.27. The lowest BCUT2D eigenvalue weighted by Crippen LogP contribution is -2.63. The normalized spacial score (nSPS) is 30.4. The zero-order valence-corrected chi connectivity index (χ0v) is 20.6. The van der Waals surface area contributed by atoms with Crippen LogP contribution in [0, 0.1) is 11.8 Å². The molecule has 2 fully saturated rings. The van der Waals surface area contributed by atoms with Crippen molar-refractivity contribution in [2.45, 2.75) is 43.7 Å². The average molecular weight is 506 g/mol. The van der Waals surface area contributed by atoms with E-state index < -0.39 is 34.2 Å². The van der Waals surface area contributed by atoms with Crippen LogP contribution < -0.4 is 15.4 Å². The summed E-state index contributed by atoms with van der Waals surface area (Å²) in [4.78, 5) is 38.7. The topological polar surface area (TPSA) is 168 Å². The van der Waals surface area contributed by atoms with Gasteiger partial charge in [-0.05, 0) is 13.3 Å². The molecule has 3 aliphatic rings. The van der Waals surface area contributed by atoms with Crippen molar-refractivity contribution >= 4 is 39.8 Å². The first-order chi connectivity index (χ1) is 15.4. The molecule has 3 unspecified atom stereocenters. The Kier molecular flexibility index (Phi) is 7.75. The van der Waals surface area contributed by atoms with Gasteiger partial charge in [0.1, 0.15) is 5.70 Å². The Morgan fingerprint density at radius 2 is 2.00 bits per heavy atom. The van der Waals surface area contributed by atoms with Gasteiger partial charge in [0.25, 0.3) is 10.2 Å². The molecule has 2 amide bonds. The lowest BCUT2D eigenvalue weighted by molar-refractivity contribution is -0.163. The Morgan fingerprint density at radius 1 is 1.33 bits per heavy atom. The number of β-lactam (4-membered cyclic amide) rings is 1. The molecular formula is C19H31N5O7S2. The third-order valence-electron chi connectivity index (χ3n) is 6.20. The highest BCUT2D eigenvalue weighted by molar-refractivity contribution is 8.03. The highest BCUT2D eigenvalue weighted by Crippen LogP contribution is 2.51. The van der Waals surface area contributed by atoms with E-state index in [-0.39, 0.29) is 47.8 Å². The molecule has 12 nitrogen and oxygen atoms in total. The number of carbonyl (C=O) groups excluding carboxylic acids is 2. The fourth-order valence-electron chi connectivity index (χ4n) is 4.47. The van der Waals surface area contributed by atoms with E-state index in [1.807, 2.05) is 6.92 Å². The number of rotatable bonds is 10. The number of fused-ring (bicyclic) bond motifs is 1. The van der Waals surface area contributed by atoms with E-state index in [4.69, 9.17) is 0 Å². The first kappa shape index (κ1) is 25.9. The van der Waals surface area contributed by atoms with Crippen LogP contribution >= 0.6 is 11.8 Å². The number of thioether (sulfide) groups is 1. The summed E-state index contributed by atoms with van der Waals surface area (Å²) < 4.78 is 26.7. The first-order valence-corrected chi connectivity index (χ1v) is 13.0. The molecule has 3 heterocycles. The zero-order chi connectivity index (χ0) is 24.7. The molecule has 0 aliphatic carbocycles. The van der Waals surface area contributed by atoms with Crippen LogP contribution in [0.25, 0.3) is 0 Å². The maximum atomic E-state index is 12.4. The lowest BCUT2D eigenvalue weighted by Gasteiger charge is -2.46. The van der Waals surface area contributed by atoms with Gasteiger partial charge in [0.15, 0.2) is 0 Å². The van der Waals surface area contributed by atoms with Crippen molar-refractivity contribution < 1.29 is 33.0 Å². The second-order valence-corrected chi connectivity index (χ2v) is 12.0. The molecule has 14 heteroatoms. The second-order valence-electron chi connectivity index (χ2n) is 8.68. The van der Waals surface area contributed by atoms with E-state index in [1.54, 1.807) is 0 Å². The minimum atomic E-state index is -3.56. The van der Waals surface area contributed by atoms with Crippen molar-refractivity contribution in [2.24, 2.45) is 11.8 Å². The highest BCUT2D eigenvalue weighted by Gasteiger charge is 2.60. The van der Waals surface area contributed by atoms with Gasteiger partial charge in [-0.15, -0.1) is 11.8 Å². The number of amides is 2. The SMILES string of the molecule is C[C@@H](O)C1C(=O)N2C(C(=O)O)=C(S[C@H]3CNC(C(=O)NCCNS(=O)(=O)N(C)C)C3)[C@H](C)C12. The lowest BCUT2D eigenvalue weighted by atomic mass is 9.79. The standard InChI is InChI=1S/C19H31N5O7S2/c1-9-14-13(10(2)25)18(27)24(14)15(19(28)29)16(9)32-11-7-12(21-8-11)17(26)20-5-6-22-33(30,31)23(3)4/h9-14,21-22,25H,5-8H2,1-4H3,(H,20,26)(H,28,29)/t9-,10-,11-,12?,13?,14?/m1/s1. The number of carboxylic acids is 1. The number of hydrogen-bond acceptors (Lipinski definition) is 8. The van der Waals surface area contributed by atoms with Crippen LogP contribution in [-0.4, -0.2) is 103 Å². The van der Waals surface area contributed by atoms with Gasteiger partial charge in [0.05, 0.1) is 24.1 Å². The summed E-state index contributed by atoms with van der Waals surface area (Å²) in [6.07, 6.45) is -0.398. The predicted molar refractivity (Wildman–Crippen MR) is 121 cm³/mol. The Bertz CT molecular complexity index is 952. The molecule has 0 aromatic carbocycles. The van der Waals surface area contributed by atoms with Crippen LogP contribution in [0.4, 0.5) is 0 Å². The van der Waals surface area contributed by atoms with Crippen molar-refractivity contribution in [1.82, 2.24) is 24.6 Å². The zero-order valence-electron chi connectivity index (χ0n) is 18.9. The minimum Gasteiger partial charge on any atom is -0.477 e. The number of aliphatic carboxylic acids is 1. The number of carbonyl (C=O) groups is 3. The quantitative estimate of drug-likeness (QED) is 0.168. The van der Waals surface area contributed by atoms with Crippen LogP contribution in [0.5, 0.6) is 0 Å². The van der Waals surface area contributed by atoms with Crippen LogP contribution in [0.1, 0.15) is 20.3 Å². The van der Waals surface area contributed by atoms with Crippen LogP contribution in [0.15, 0.2) is 10.6 Å². The summed E-state index contributed by atoms with van der Waals surface area (Å²) in [6.45, 7) is 4.07. The van der Waals surface area contributed by atoms with Crippen molar-refractivity contribution in [3.05, 3.63) is 10.6 Å². The Balaban J connectivity index is 1.56. The number of aliphatic hydroxyl groups is 1. The summed E-state index contributed by atoms with van der Waals surface area (Å²) in [5.41, 5.74) is -0.0273. The molecule has 0 aromatic rings. The van der Waals surface area contributed by atoms with Gasteiger partial charge in [-0.3, -0.25) is 9.59 Å². The molecule has 0 bridgehead atoms. The van der Waals surface area contributed by atoms with E-state index in [1.165, 1.54) is 37.7 Å². The third kappa shape index (κ3) is 5.05. The van der Waals surface area contributed by atoms with E-state index in [2.05, 4.69) is 15.4 Å². The van der Waals surface area contributed by atoms with E-state index in [0.29, 0.717) is 17.9 Å². The molecular weight excluding hydrogens is 474 g/mol. The van der Waals surface area contributed by atoms with Crippen LogP contribution in [0.2, 0.25) is 0 Å². The van der Waals surface area contributed by atoms with Crippen LogP contribution in [-0.2, 0) is 24.6 Å². The number of hydrogen-bond donors (Lipinski definition) is 5. The maximum absolute atomic E-state index is 12.4. The monoisotopic (exact) mass is 505 g/mol. The molecule has 5 N–H and O–H groups in total. The minimum absolute atomic E-state index is 0.0273. The van der Waals surface area contributed by atoms with Crippen molar-refractivity contribution in [3.8, 4) is 0 Å². The van der Waals surface area contributed by atoms with Crippen molar-refractivity contribution in [1.29, 1.82) is 0 Å². The van der Waals surface area contributed by atoms with Gasteiger partial charge in [-0.25, -0.2) is 9.52 Å². The summed E-state index contributed by atoms with van der Waals surface area (Å²) in [5.74, 6) is -2.65. The molecule has 33 heavy (non-hydrogen) atoms. The van der Waals surface area contributed by atoms with Gasteiger partial charge >= 0.3 is 5.97 Å². The molecule has 0 aromatic heterocycles.